The van der Waals surface area contributed by atoms with Gasteiger partial charge in [-0.15, -0.1) is 0 Å². The molecule has 7 nitrogen and oxygen atoms in total. The van der Waals surface area contributed by atoms with E-state index in [-0.39, 0.29) is 28.5 Å². The number of rotatable bonds is 10. The van der Waals surface area contributed by atoms with Crippen LogP contribution < -0.4 is 0 Å². The molecule has 1 saturated carbocycles. The summed E-state index contributed by atoms with van der Waals surface area (Å²) in [7, 11) is 6.52. The number of carbonyl (C=O) groups excluding carboxylic acids is 1. The first-order valence-electron chi connectivity index (χ1n) is 11.9. The Bertz CT molecular complexity index is 1190. The van der Waals surface area contributed by atoms with Gasteiger partial charge in [-0.3, -0.25) is 14.9 Å². The molecule has 1 aromatic heterocycles. The summed E-state index contributed by atoms with van der Waals surface area (Å²) in [6.07, 6.45) is 6.15. The Hall–Kier alpha value is -3.19. The molecule has 34 heavy (non-hydrogen) atoms. The van der Waals surface area contributed by atoms with E-state index in [1.165, 1.54) is 5.56 Å². The molecule has 0 N–H and O–H groups in total. The molecule has 0 amide bonds. The van der Waals surface area contributed by atoms with E-state index < -0.39 is 0 Å². The van der Waals surface area contributed by atoms with Crippen LogP contribution in [-0.2, 0) is 21.5 Å². The average Bonchev–Trinajstić information content (AvgIpc) is 3.45. The van der Waals surface area contributed by atoms with Crippen LogP contribution in [0.25, 0.3) is 10.9 Å². The van der Waals surface area contributed by atoms with E-state index in [1.807, 2.05) is 30.5 Å². The lowest BCUT2D eigenvalue weighted by molar-refractivity contribution is -0.900. The molecule has 1 atom stereocenters. The summed E-state index contributed by atoms with van der Waals surface area (Å²) in [4.78, 5) is 23.0. The summed E-state index contributed by atoms with van der Waals surface area (Å²) in [6.45, 7) is 2.61. The second kappa shape index (κ2) is 9.22. The van der Waals surface area contributed by atoms with Crippen molar-refractivity contribution in [3.63, 3.8) is 0 Å². The number of aromatic nitrogens is 1. The highest BCUT2D eigenvalue weighted by molar-refractivity contribution is 5.83. The van der Waals surface area contributed by atoms with Crippen LogP contribution >= 0.6 is 0 Å². The predicted octanol–water partition coefficient (Wildman–Crippen LogP) is 5.37. The van der Waals surface area contributed by atoms with Crippen molar-refractivity contribution in [2.45, 2.75) is 50.6 Å². The first kappa shape index (κ1) is 24.0. The Balaban J connectivity index is 1.27. The van der Waals surface area contributed by atoms with E-state index in [2.05, 4.69) is 44.8 Å². The number of ether oxygens (including phenoxy) is 1. The van der Waals surface area contributed by atoms with E-state index in [1.54, 1.807) is 12.1 Å². The summed E-state index contributed by atoms with van der Waals surface area (Å²) in [5, 5.41) is 11.9. The molecule has 0 unspecified atom stereocenters. The number of carbonyl (C=O) groups is 1. The fraction of sp³-hybridized carbons (Fsp3) is 0.444. The zero-order valence-electron chi connectivity index (χ0n) is 20.5. The molecule has 180 valence electrons. The van der Waals surface area contributed by atoms with Gasteiger partial charge >= 0.3 is 5.97 Å². The minimum Gasteiger partial charge on any atom is -0.465 e. The molecule has 1 heterocycles. The molecule has 1 aliphatic rings. The number of esters is 1. The number of hydrogen-bond acceptors (Lipinski definition) is 4. The molecule has 7 heteroatoms. The normalized spacial score (nSPS) is 15.8. The zero-order valence-corrected chi connectivity index (χ0v) is 20.5. The summed E-state index contributed by atoms with van der Waals surface area (Å²) in [5.74, 6) is -0.198. The molecule has 2 aromatic carbocycles. The number of hydrogen-bond donors (Lipinski definition) is 0. The number of nitro groups is 1. The van der Waals surface area contributed by atoms with Crippen LogP contribution in [0.1, 0.15) is 49.8 Å². The first-order valence-corrected chi connectivity index (χ1v) is 11.9. The van der Waals surface area contributed by atoms with Gasteiger partial charge in [-0.05, 0) is 50.3 Å². The van der Waals surface area contributed by atoms with Gasteiger partial charge in [-0.2, -0.15) is 0 Å². The SMILES string of the molecule is C[C@H](c1ccc(CC(=O)OCCCC2(n3ccc4cc([N+](=O)[O-])ccc43)CC2)cc1)[N+](C)(C)C. The van der Waals surface area contributed by atoms with Crippen molar-refractivity contribution in [2.75, 3.05) is 27.7 Å². The first-order chi connectivity index (χ1) is 16.1. The van der Waals surface area contributed by atoms with Crippen molar-refractivity contribution in [3.05, 3.63) is 76.0 Å². The lowest BCUT2D eigenvalue weighted by Crippen LogP contribution is -2.37. The molecule has 4 rings (SSSR count). The Labute approximate surface area is 200 Å². The third-order valence-electron chi connectivity index (χ3n) is 7.24. The largest absolute Gasteiger partial charge is 0.465 e. The number of fused-ring (bicyclic) bond motifs is 1. The molecular weight excluding hydrogens is 430 g/mol. The van der Waals surface area contributed by atoms with Crippen LogP contribution in [0.15, 0.2) is 54.7 Å². The molecule has 3 aromatic rings. The van der Waals surface area contributed by atoms with Crippen LogP contribution in [0.5, 0.6) is 0 Å². The molecule has 0 bridgehead atoms. The van der Waals surface area contributed by atoms with Crippen molar-refractivity contribution in [1.29, 1.82) is 0 Å². The van der Waals surface area contributed by atoms with Gasteiger partial charge in [0, 0.05) is 40.3 Å². The average molecular weight is 465 g/mol. The lowest BCUT2D eigenvalue weighted by Gasteiger charge is -2.31. The Kier molecular flexibility index (Phi) is 6.49. The second-order valence-electron chi connectivity index (χ2n) is 10.4. The number of nitrogens with zero attached hydrogens (tertiary/aromatic N) is 3. The molecular formula is C27H34N3O4+. The Morgan fingerprint density at radius 1 is 1.15 bits per heavy atom. The molecule has 0 saturated heterocycles. The fourth-order valence-corrected chi connectivity index (χ4v) is 4.58. The van der Waals surface area contributed by atoms with E-state index in [9.17, 15) is 14.9 Å². The van der Waals surface area contributed by atoms with Gasteiger partial charge in [-0.1, -0.05) is 24.3 Å². The van der Waals surface area contributed by atoms with Crippen LogP contribution in [0, 0.1) is 10.1 Å². The quantitative estimate of drug-likeness (QED) is 0.133. The Morgan fingerprint density at radius 3 is 2.47 bits per heavy atom. The minimum atomic E-state index is -0.363. The van der Waals surface area contributed by atoms with Gasteiger partial charge in [0.15, 0.2) is 0 Å². The predicted molar refractivity (Wildman–Crippen MR) is 133 cm³/mol. The van der Waals surface area contributed by atoms with Crippen molar-refractivity contribution in [3.8, 4) is 0 Å². The van der Waals surface area contributed by atoms with E-state index >= 15 is 0 Å². The van der Waals surface area contributed by atoms with Crippen LogP contribution in [0.4, 0.5) is 5.69 Å². The van der Waals surface area contributed by atoms with Gasteiger partial charge in [0.1, 0.15) is 6.04 Å². The van der Waals surface area contributed by atoms with E-state index in [0.29, 0.717) is 12.6 Å². The number of benzene rings is 2. The molecule has 1 fully saturated rings. The smallest absolute Gasteiger partial charge is 0.310 e. The van der Waals surface area contributed by atoms with Crippen LogP contribution in [0.3, 0.4) is 0 Å². The maximum Gasteiger partial charge on any atom is 0.310 e. The fourth-order valence-electron chi connectivity index (χ4n) is 4.58. The summed E-state index contributed by atoms with van der Waals surface area (Å²) < 4.78 is 8.61. The topological polar surface area (TPSA) is 74.4 Å². The van der Waals surface area contributed by atoms with Gasteiger partial charge in [0.05, 0.1) is 39.1 Å². The number of nitro benzene ring substituents is 1. The third kappa shape index (κ3) is 5.14. The maximum absolute atomic E-state index is 12.3. The van der Waals surface area contributed by atoms with Gasteiger partial charge in [0.25, 0.3) is 5.69 Å². The monoisotopic (exact) mass is 464 g/mol. The van der Waals surface area contributed by atoms with Crippen LogP contribution in [0.2, 0.25) is 0 Å². The van der Waals surface area contributed by atoms with Gasteiger partial charge < -0.3 is 13.8 Å². The highest BCUT2D eigenvalue weighted by Gasteiger charge is 2.44. The number of quaternary nitrogens is 1. The second-order valence-corrected chi connectivity index (χ2v) is 10.4. The van der Waals surface area contributed by atoms with Crippen molar-refractivity contribution >= 4 is 22.6 Å². The van der Waals surface area contributed by atoms with Crippen LogP contribution in [-0.4, -0.2) is 47.7 Å². The van der Waals surface area contributed by atoms with E-state index in [0.717, 1.165) is 46.6 Å². The van der Waals surface area contributed by atoms with Gasteiger partial charge in [0.2, 0.25) is 0 Å². The highest BCUT2D eigenvalue weighted by atomic mass is 16.6. The standard InChI is InChI=1S/C27H34N3O4/c1-20(30(2,3)4)22-8-6-21(7-9-22)18-26(31)34-17-5-13-27(14-15-27)28-16-12-23-19-24(29(32)33)10-11-25(23)28/h6-12,16,19-20H,5,13-15,17-18H2,1-4H3/q+1/t20-/m1/s1. The summed E-state index contributed by atoms with van der Waals surface area (Å²) >= 11 is 0. The van der Waals surface area contributed by atoms with Crippen molar-refractivity contribution in [2.24, 2.45) is 0 Å². The molecule has 1 aliphatic carbocycles. The lowest BCUT2D eigenvalue weighted by atomic mass is 10.0. The zero-order chi connectivity index (χ0) is 24.5. The summed E-state index contributed by atoms with van der Waals surface area (Å²) in [6, 6.07) is 15.6. The minimum absolute atomic E-state index is 0.0301. The van der Waals surface area contributed by atoms with E-state index in [4.69, 9.17) is 4.74 Å². The van der Waals surface area contributed by atoms with Crippen molar-refractivity contribution < 1.29 is 18.9 Å². The summed E-state index contributed by atoms with van der Waals surface area (Å²) in [5.41, 5.74) is 3.38. The third-order valence-corrected chi connectivity index (χ3v) is 7.24. The maximum atomic E-state index is 12.3. The Morgan fingerprint density at radius 2 is 1.85 bits per heavy atom. The molecule has 0 aliphatic heterocycles. The van der Waals surface area contributed by atoms with Crippen molar-refractivity contribution in [1.82, 2.24) is 4.57 Å². The molecule has 0 spiro atoms. The van der Waals surface area contributed by atoms with Gasteiger partial charge in [-0.25, -0.2) is 0 Å². The highest BCUT2D eigenvalue weighted by Crippen LogP contribution is 2.49. The number of non-ortho nitro benzene ring substituents is 1. The molecule has 0 radical (unpaired) electrons.